The second kappa shape index (κ2) is 11.5. The average Bonchev–Trinajstić information content (AvgIpc) is 3.37. The lowest BCUT2D eigenvalue weighted by molar-refractivity contribution is -0.384. The SMILES string of the molecule is COc1cc(N2CCOCC2)c([N+](=O)[O-])cc1Nc1nccc(-n2cc(CN(C)C)c(-c3ccccc3)n2)n1. The number of nitro benzene ring substituents is 1. The zero-order chi connectivity index (χ0) is 27.4. The van der Waals surface area contributed by atoms with E-state index in [-0.39, 0.29) is 11.6 Å². The highest BCUT2D eigenvalue weighted by Crippen LogP contribution is 2.39. The van der Waals surface area contributed by atoms with Crippen molar-refractivity contribution in [2.24, 2.45) is 0 Å². The summed E-state index contributed by atoms with van der Waals surface area (Å²) in [6.07, 6.45) is 3.57. The number of nitrogens with zero attached hydrogens (tertiary/aromatic N) is 7. The lowest BCUT2D eigenvalue weighted by atomic mass is 10.1. The molecule has 0 aliphatic carbocycles. The molecule has 0 atom stereocenters. The van der Waals surface area contributed by atoms with Gasteiger partial charge in [0.1, 0.15) is 11.4 Å². The Kier molecular flexibility index (Phi) is 7.66. The second-order valence-electron chi connectivity index (χ2n) is 9.31. The van der Waals surface area contributed by atoms with Gasteiger partial charge in [-0.1, -0.05) is 30.3 Å². The normalized spacial score (nSPS) is 13.5. The highest BCUT2D eigenvalue weighted by Gasteiger charge is 2.25. The second-order valence-corrected chi connectivity index (χ2v) is 9.31. The van der Waals surface area contributed by atoms with Gasteiger partial charge in [0.05, 0.1) is 36.6 Å². The van der Waals surface area contributed by atoms with Gasteiger partial charge in [0.15, 0.2) is 5.82 Å². The maximum atomic E-state index is 12.0. The van der Waals surface area contributed by atoms with Crippen LogP contribution >= 0.6 is 0 Å². The number of hydrogen-bond donors (Lipinski definition) is 1. The van der Waals surface area contributed by atoms with E-state index in [4.69, 9.17) is 14.6 Å². The first-order valence-electron chi connectivity index (χ1n) is 12.5. The molecule has 0 radical (unpaired) electrons. The molecule has 0 amide bonds. The number of nitrogens with one attached hydrogen (secondary N) is 1. The van der Waals surface area contributed by atoms with Gasteiger partial charge in [0.25, 0.3) is 5.69 Å². The van der Waals surface area contributed by atoms with Gasteiger partial charge in [-0.25, -0.2) is 9.67 Å². The Hall–Kier alpha value is -4.55. The van der Waals surface area contributed by atoms with Crippen LogP contribution in [0.4, 0.5) is 23.0 Å². The molecule has 0 saturated carbocycles. The Morgan fingerprint density at radius 3 is 2.62 bits per heavy atom. The predicted molar refractivity (Wildman–Crippen MR) is 148 cm³/mol. The predicted octanol–water partition coefficient (Wildman–Crippen LogP) is 3.89. The molecule has 2 aromatic carbocycles. The molecule has 12 nitrogen and oxygen atoms in total. The van der Waals surface area contributed by atoms with Crippen molar-refractivity contribution in [3.63, 3.8) is 0 Å². The van der Waals surface area contributed by atoms with Crippen LogP contribution in [0.3, 0.4) is 0 Å². The van der Waals surface area contributed by atoms with Gasteiger partial charge >= 0.3 is 0 Å². The number of ether oxygens (including phenoxy) is 2. The molecular weight excluding hydrogens is 500 g/mol. The molecular formula is C27H30N8O4. The molecule has 1 aliphatic rings. The molecule has 202 valence electrons. The average molecular weight is 531 g/mol. The van der Waals surface area contributed by atoms with Crippen LogP contribution in [0.2, 0.25) is 0 Å². The molecule has 0 spiro atoms. The summed E-state index contributed by atoms with van der Waals surface area (Å²) in [5.41, 5.74) is 3.77. The number of anilines is 3. The summed E-state index contributed by atoms with van der Waals surface area (Å²) in [6, 6.07) is 14.9. The van der Waals surface area contributed by atoms with Crippen LogP contribution < -0.4 is 15.0 Å². The van der Waals surface area contributed by atoms with Crippen LogP contribution in [-0.4, -0.2) is 77.1 Å². The third-order valence-corrected chi connectivity index (χ3v) is 6.29. The van der Waals surface area contributed by atoms with Crippen molar-refractivity contribution in [3.8, 4) is 22.8 Å². The molecule has 1 fully saturated rings. The Morgan fingerprint density at radius 2 is 1.92 bits per heavy atom. The smallest absolute Gasteiger partial charge is 0.294 e. The lowest BCUT2D eigenvalue weighted by Gasteiger charge is -2.29. The Morgan fingerprint density at radius 1 is 1.15 bits per heavy atom. The topological polar surface area (TPSA) is 124 Å². The van der Waals surface area contributed by atoms with Gasteiger partial charge in [-0.2, -0.15) is 10.1 Å². The zero-order valence-electron chi connectivity index (χ0n) is 22.1. The molecule has 0 bridgehead atoms. The van der Waals surface area contributed by atoms with Gasteiger partial charge in [0, 0.05) is 61.4 Å². The largest absolute Gasteiger partial charge is 0.494 e. The van der Waals surface area contributed by atoms with Crippen LogP contribution in [0.1, 0.15) is 5.56 Å². The van der Waals surface area contributed by atoms with E-state index in [2.05, 4.69) is 20.2 Å². The summed E-state index contributed by atoms with van der Waals surface area (Å²) in [5.74, 6) is 1.24. The fraction of sp³-hybridized carbons (Fsp3) is 0.296. The number of rotatable bonds is 9. The summed E-state index contributed by atoms with van der Waals surface area (Å²) in [5, 5.41) is 19.9. The van der Waals surface area contributed by atoms with Crippen molar-refractivity contribution in [2.45, 2.75) is 6.54 Å². The van der Waals surface area contributed by atoms with E-state index in [1.54, 1.807) is 23.0 Å². The number of hydrogen-bond acceptors (Lipinski definition) is 10. The highest BCUT2D eigenvalue weighted by atomic mass is 16.6. The molecule has 1 N–H and O–H groups in total. The number of aromatic nitrogens is 4. The van der Waals surface area contributed by atoms with E-state index in [9.17, 15) is 10.1 Å². The maximum absolute atomic E-state index is 12.0. The van der Waals surface area contributed by atoms with Gasteiger partial charge in [0.2, 0.25) is 5.95 Å². The monoisotopic (exact) mass is 530 g/mol. The number of methoxy groups -OCH3 is 1. The zero-order valence-corrected chi connectivity index (χ0v) is 22.1. The van der Waals surface area contributed by atoms with Crippen molar-refractivity contribution >= 4 is 23.0 Å². The summed E-state index contributed by atoms with van der Waals surface area (Å²) in [6.45, 7) is 2.85. The molecule has 12 heteroatoms. The van der Waals surface area contributed by atoms with E-state index < -0.39 is 4.92 Å². The van der Waals surface area contributed by atoms with Gasteiger partial charge in [-0.15, -0.1) is 0 Å². The van der Waals surface area contributed by atoms with Crippen LogP contribution in [0.15, 0.2) is 60.9 Å². The fourth-order valence-electron chi connectivity index (χ4n) is 4.51. The molecule has 2 aromatic heterocycles. The molecule has 5 rings (SSSR count). The Balaban J connectivity index is 1.48. The van der Waals surface area contributed by atoms with Crippen LogP contribution in [-0.2, 0) is 11.3 Å². The minimum atomic E-state index is -0.395. The first kappa shape index (κ1) is 26.1. The molecule has 1 saturated heterocycles. The number of benzene rings is 2. The van der Waals surface area contributed by atoms with Gasteiger partial charge in [-0.05, 0) is 14.1 Å². The Labute approximate surface area is 226 Å². The first-order valence-corrected chi connectivity index (χ1v) is 12.5. The van der Waals surface area contributed by atoms with Gasteiger partial charge < -0.3 is 24.6 Å². The third kappa shape index (κ3) is 5.81. The quantitative estimate of drug-likeness (QED) is 0.252. The lowest BCUT2D eigenvalue weighted by Crippen LogP contribution is -2.36. The molecule has 3 heterocycles. The van der Waals surface area contributed by atoms with E-state index >= 15 is 0 Å². The summed E-state index contributed by atoms with van der Waals surface area (Å²) in [7, 11) is 5.54. The third-order valence-electron chi connectivity index (χ3n) is 6.29. The Bertz CT molecular complexity index is 1450. The maximum Gasteiger partial charge on any atom is 0.294 e. The minimum Gasteiger partial charge on any atom is -0.494 e. The number of nitro groups is 1. The summed E-state index contributed by atoms with van der Waals surface area (Å²) < 4.78 is 12.7. The summed E-state index contributed by atoms with van der Waals surface area (Å²) >= 11 is 0. The van der Waals surface area contributed by atoms with Crippen LogP contribution in [0.25, 0.3) is 17.1 Å². The fourth-order valence-corrected chi connectivity index (χ4v) is 4.51. The highest BCUT2D eigenvalue weighted by molar-refractivity contribution is 5.77. The van der Waals surface area contributed by atoms with Crippen molar-refractivity contribution in [2.75, 3.05) is 57.7 Å². The van der Waals surface area contributed by atoms with Crippen LogP contribution in [0.5, 0.6) is 5.75 Å². The summed E-state index contributed by atoms with van der Waals surface area (Å²) in [4.78, 5) is 24.6. The van der Waals surface area contributed by atoms with Crippen molar-refractivity contribution < 1.29 is 14.4 Å². The molecule has 1 aliphatic heterocycles. The van der Waals surface area contributed by atoms with Crippen molar-refractivity contribution in [1.29, 1.82) is 0 Å². The van der Waals surface area contributed by atoms with E-state index in [0.717, 1.165) is 16.8 Å². The molecule has 4 aromatic rings. The first-order chi connectivity index (χ1) is 18.9. The van der Waals surface area contributed by atoms with E-state index in [1.807, 2.05) is 55.5 Å². The number of morpholine rings is 1. The minimum absolute atomic E-state index is 0.0377. The van der Waals surface area contributed by atoms with E-state index in [1.165, 1.54) is 13.2 Å². The molecule has 0 unspecified atom stereocenters. The van der Waals surface area contributed by atoms with Crippen LogP contribution in [0, 0.1) is 10.1 Å². The van der Waals surface area contributed by atoms with Gasteiger partial charge in [-0.3, -0.25) is 10.1 Å². The molecule has 39 heavy (non-hydrogen) atoms. The van der Waals surface area contributed by atoms with Crippen molar-refractivity contribution in [3.05, 3.63) is 76.6 Å². The van der Waals surface area contributed by atoms with E-state index in [0.29, 0.717) is 55.8 Å². The standard InChI is InChI=1S/C27H30N8O4/c1-32(2)17-20-18-34(31-26(20)19-7-5-4-6-8-19)25-9-10-28-27(30-25)29-21-15-23(35(36)37)22(16-24(21)38-3)33-11-13-39-14-12-33/h4-10,15-16,18H,11-14,17H2,1-3H3,(H,28,29,30). The van der Waals surface area contributed by atoms with Crippen molar-refractivity contribution in [1.82, 2.24) is 24.6 Å².